The van der Waals surface area contributed by atoms with Crippen molar-refractivity contribution in [2.24, 2.45) is 0 Å². The SMILES string of the molecule is O=C(Nc1ccccc1)N1CCC2(C=Cc3ccccc3O2)CC1. The Balaban J connectivity index is 1.40. The van der Waals surface area contributed by atoms with Gasteiger partial charge in [0.15, 0.2) is 0 Å². The van der Waals surface area contributed by atoms with Crippen molar-refractivity contribution in [1.82, 2.24) is 4.90 Å². The number of benzene rings is 2. The number of hydrogen-bond donors (Lipinski definition) is 1. The van der Waals surface area contributed by atoms with Crippen molar-refractivity contribution in [3.63, 3.8) is 0 Å². The summed E-state index contributed by atoms with van der Waals surface area (Å²) in [6, 6.07) is 17.6. The molecule has 0 saturated carbocycles. The van der Waals surface area contributed by atoms with Gasteiger partial charge in [0.25, 0.3) is 0 Å². The van der Waals surface area contributed by atoms with Crippen LogP contribution in [0.15, 0.2) is 60.7 Å². The van der Waals surface area contributed by atoms with Crippen LogP contribution in [0.3, 0.4) is 0 Å². The summed E-state index contributed by atoms with van der Waals surface area (Å²) in [5, 5.41) is 2.95. The number of piperidine rings is 1. The zero-order valence-corrected chi connectivity index (χ0v) is 13.4. The molecule has 0 bridgehead atoms. The lowest BCUT2D eigenvalue weighted by molar-refractivity contribution is 0.0519. The van der Waals surface area contributed by atoms with Gasteiger partial charge < -0.3 is 15.0 Å². The van der Waals surface area contributed by atoms with E-state index in [-0.39, 0.29) is 11.6 Å². The van der Waals surface area contributed by atoms with Crippen molar-refractivity contribution in [3.8, 4) is 5.75 Å². The van der Waals surface area contributed by atoms with E-state index in [1.165, 1.54) is 0 Å². The molecule has 2 amide bonds. The maximum absolute atomic E-state index is 12.4. The Labute approximate surface area is 141 Å². The minimum Gasteiger partial charge on any atom is -0.482 e. The van der Waals surface area contributed by atoms with Gasteiger partial charge in [0.05, 0.1) is 0 Å². The average molecular weight is 320 g/mol. The lowest BCUT2D eigenvalue weighted by Crippen LogP contribution is -2.50. The van der Waals surface area contributed by atoms with Crippen LogP contribution < -0.4 is 10.1 Å². The molecule has 4 nitrogen and oxygen atoms in total. The minimum absolute atomic E-state index is 0.0451. The van der Waals surface area contributed by atoms with Gasteiger partial charge in [-0.3, -0.25) is 0 Å². The Morgan fingerprint density at radius 1 is 1.00 bits per heavy atom. The van der Waals surface area contributed by atoms with Crippen molar-refractivity contribution in [2.45, 2.75) is 18.4 Å². The van der Waals surface area contributed by atoms with Crippen LogP contribution in [0.25, 0.3) is 6.08 Å². The van der Waals surface area contributed by atoms with E-state index in [2.05, 4.69) is 23.5 Å². The number of anilines is 1. The van der Waals surface area contributed by atoms with E-state index in [0.29, 0.717) is 13.1 Å². The number of urea groups is 1. The Morgan fingerprint density at radius 2 is 1.71 bits per heavy atom. The molecule has 2 aliphatic rings. The van der Waals surface area contributed by atoms with Gasteiger partial charge in [0, 0.05) is 37.2 Å². The molecule has 2 heterocycles. The topological polar surface area (TPSA) is 41.6 Å². The fourth-order valence-corrected chi connectivity index (χ4v) is 3.29. The van der Waals surface area contributed by atoms with Crippen LogP contribution in [0.4, 0.5) is 10.5 Å². The molecule has 1 fully saturated rings. The fourth-order valence-electron chi connectivity index (χ4n) is 3.29. The Morgan fingerprint density at radius 3 is 2.50 bits per heavy atom. The molecule has 1 N–H and O–H groups in total. The van der Waals surface area contributed by atoms with Crippen LogP contribution in [0.1, 0.15) is 18.4 Å². The summed E-state index contributed by atoms with van der Waals surface area (Å²) in [5.74, 6) is 0.933. The van der Waals surface area contributed by atoms with E-state index in [1.54, 1.807) is 0 Å². The van der Waals surface area contributed by atoms with E-state index in [1.807, 2.05) is 53.4 Å². The van der Waals surface area contributed by atoms with Crippen molar-refractivity contribution < 1.29 is 9.53 Å². The number of carbonyl (C=O) groups excluding carboxylic acids is 1. The molecule has 2 aromatic rings. The largest absolute Gasteiger partial charge is 0.482 e. The zero-order chi connectivity index (χ0) is 16.4. The van der Waals surface area contributed by atoms with Crippen LogP contribution >= 0.6 is 0 Å². The first-order valence-corrected chi connectivity index (χ1v) is 8.32. The number of ether oxygens (including phenoxy) is 1. The number of nitrogens with one attached hydrogen (secondary N) is 1. The summed E-state index contributed by atoms with van der Waals surface area (Å²) < 4.78 is 6.26. The Bertz CT molecular complexity index is 762. The van der Waals surface area contributed by atoms with Crippen molar-refractivity contribution in [3.05, 3.63) is 66.2 Å². The third-order valence-corrected chi connectivity index (χ3v) is 4.72. The third kappa shape index (κ3) is 2.87. The molecule has 2 aromatic carbocycles. The standard InChI is InChI=1S/C20H20N2O2/c23-19(21-17-7-2-1-3-8-17)22-14-12-20(13-15-22)11-10-16-6-4-5-9-18(16)24-20/h1-11H,12-15H2,(H,21,23). The lowest BCUT2D eigenvalue weighted by atomic mass is 9.88. The number of carbonyl (C=O) groups is 1. The van der Waals surface area contributed by atoms with Crippen LogP contribution in [-0.2, 0) is 0 Å². The van der Waals surface area contributed by atoms with Gasteiger partial charge in [0.2, 0.25) is 0 Å². The van der Waals surface area contributed by atoms with E-state index >= 15 is 0 Å². The van der Waals surface area contributed by atoms with E-state index < -0.39 is 0 Å². The molecule has 4 heteroatoms. The van der Waals surface area contributed by atoms with Crippen LogP contribution in [0, 0.1) is 0 Å². The fraction of sp³-hybridized carbons (Fsp3) is 0.250. The highest BCUT2D eigenvalue weighted by Gasteiger charge is 2.37. The highest BCUT2D eigenvalue weighted by atomic mass is 16.5. The van der Waals surface area contributed by atoms with Crippen LogP contribution in [-0.4, -0.2) is 29.6 Å². The summed E-state index contributed by atoms with van der Waals surface area (Å²) in [5.41, 5.74) is 1.66. The normalized spacial score (nSPS) is 17.9. The first-order chi connectivity index (χ1) is 11.7. The monoisotopic (exact) mass is 320 g/mol. The second-order valence-corrected chi connectivity index (χ2v) is 6.32. The summed E-state index contributed by atoms with van der Waals surface area (Å²) in [4.78, 5) is 14.3. The van der Waals surface area contributed by atoms with E-state index in [0.717, 1.165) is 29.8 Å². The molecule has 0 aromatic heterocycles. The molecular weight excluding hydrogens is 300 g/mol. The summed E-state index contributed by atoms with van der Waals surface area (Å²) in [6.45, 7) is 1.37. The molecule has 1 spiro atoms. The molecule has 2 aliphatic heterocycles. The molecule has 4 rings (SSSR count). The van der Waals surface area contributed by atoms with Gasteiger partial charge in [-0.2, -0.15) is 0 Å². The molecule has 1 saturated heterocycles. The van der Waals surface area contributed by atoms with Gasteiger partial charge >= 0.3 is 6.03 Å². The van der Waals surface area contributed by atoms with Crippen LogP contribution in [0.5, 0.6) is 5.75 Å². The third-order valence-electron chi connectivity index (χ3n) is 4.72. The number of hydrogen-bond acceptors (Lipinski definition) is 2. The van der Waals surface area contributed by atoms with E-state index in [9.17, 15) is 4.79 Å². The average Bonchev–Trinajstić information content (AvgIpc) is 2.63. The molecular formula is C20H20N2O2. The molecule has 0 aliphatic carbocycles. The first kappa shape index (κ1) is 14.8. The zero-order valence-electron chi connectivity index (χ0n) is 13.4. The Hall–Kier alpha value is -2.75. The number of likely N-dealkylation sites (tertiary alicyclic amines) is 1. The van der Waals surface area contributed by atoms with Gasteiger partial charge in [-0.1, -0.05) is 42.5 Å². The van der Waals surface area contributed by atoms with Gasteiger partial charge in [-0.25, -0.2) is 4.79 Å². The highest BCUT2D eigenvalue weighted by Crippen LogP contribution is 2.36. The predicted octanol–water partition coefficient (Wildman–Crippen LogP) is 4.16. The Kier molecular flexibility index (Phi) is 3.73. The highest BCUT2D eigenvalue weighted by molar-refractivity contribution is 5.89. The van der Waals surface area contributed by atoms with E-state index in [4.69, 9.17) is 4.74 Å². The van der Waals surface area contributed by atoms with Crippen molar-refractivity contribution in [1.29, 1.82) is 0 Å². The smallest absolute Gasteiger partial charge is 0.321 e. The number of fused-ring (bicyclic) bond motifs is 1. The summed E-state index contributed by atoms with van der Waals surface area (Å²) >= 11 is 0. The molecule has 0 atom stereocenters. The second-order valence-electron chi connectivity index (χ2n) is 6.32. The summed E-state index contributed by atoms with van der Waals surface area (Å²) in [6.07, 6.45) is 5.90. The lowest BCUT2D eigenvalue weighted by Gasteiger charge is -2.41. The first-order valence-electron chi connectivity index (χ1n) is 8.32. The molecule has 122 valence electrons. The summed E-state index contributed by atoms with van der Waals surface area (Å²) in [7, 11) is 0. The number of para-hydroxylation sites is 2. The molecule has 24 heavy (non-hydrogen) atoms. The number of nitrogens with zero attached hydrogens (tertiary/aromatic N) is 1. The van der Waals surface area contributed by atoms with Crippen molar-refractivity contribution >= 4 is 17.8 Å². The maximum Gasteiger partial charge on any atom is 0.321 e. The molecule has 0 radical (unpaired) electrons. The molecule has 0 unspecified atom stereocenters. The predicted molar refractivity (Wildman–Crippen MR) is 95.1 cm³/mol. The van der Waals surface area contributed by atoms with Crippen molar-refractivity contribution in [2.75, 3.05) is 18.4 Å². The van der Waals surface area contributed by atoms with Crippen LogP contribution in [0.2, 0.25) is 0 Å². The van der Waals surface area contributed by atoms with Gasteiger partial charge in [-0.05, 0) is 24.3 Å². The van der Waals surface area contributed by atoms with Gasteiger partial charge in [0.1, 0.15) is 11.4 Å². The quantitative estimate of drug-likeness (QED) is 0.857. The van der Waals surface area contributed by atoms with Gasteiger partial charge in [-0.15, -0.1) is 0 Å². The minimum atomic E-state index is -0.280. The number of rotatable bonds is 1. The maximum atomic E-state index is 12.4. The number of amides is 2. The second kappa shape index (κ2) is 6.04.